The lowest BCUT2D eigenvalue weighted by atomic mass is 10.1. The topological polar surface area (TPSA) is 38.9 Å². The van der Waals surface area contributed by atoms with Crippen molar-refractivity contribution in [3.8, 4) is 0 Å². The molecule has 0 bridgehead atoms. The van der Waals surface area contributed by atoms with Crippen molar-refractivity contribution in [2.45, 2.75) is 23.2 Å². The van der Waals surface area contributed by atoms with E-state index in [1.165, 1.54) is 23.9 Å². The van der Waals surface area contributed by atoms with Crippen LogP contribution in [0.4, 0.5) is 4.39 Å². The molecule has 0 amide bonds. The highest BCUT2D eigenvalue weighted by Crippen LogP contribution is 2.39. The molecular weight excluding hydrogens is 283 g/mol. The molecule has 5 heteroatoms. The van der Waals surface area contributed by atoms with Gasteiger partial charge >= 0.3 is 0 Å². The van der Waals surface area contributed by atoms with E-state index in [4.69, 9.17) is 17.3 Å². The van der Waals surface area contributed by atoms with Gasteiger partial charge in [0.1, 0.15) is 10.8 Å². The van der Waals surface area contributed by atoms with Crippen LogP contribution in [0, 0.1) is 5.82 Å². The van der Waals surface area contributed by atoms with E-state index in [9.17, 15) is 4.39 Å². The van der Waals surface area contributed by atoms with Crippen LogP contribution in [0.15, 0.2) is 47.6 Å². The predicted molar refractivity (Wildman–Crippen MR) is 77.9 cm³/mol. The minimum absolute atomic E-state index is 0.0944. The monoisotopic (exact) mass is 296 g/mol. The van der Waals surface area contributed by atoms with E-state index in [-0.39, 0.29) is 17.1 Å². The van der Waals surface area contributed by atoms with E-state index in [1.807, 2.05) is 13.0 Å². The van der Waals surface area contributed by atoms with Crippen LogP contribution in [0.25, 0.3) is 0 Å². The van der Waals surface area contributed by atoms with Crippen molar-refractivity contribution < 1.29 is 4.39 Å². The summed E-state index contributed by atoms with van der Waals surface area (Å²) in [5.41, 5.74) is 6.84. The molecule has 0 saturated carbocycles. The zero-order valence-corrected chi connectivity index (χ0v) is 12.0. The van der Waals surface area contributed by atoms with Gasteiger partial charge in [-0.3, -0.25) is 0 Å². The van der Waals surface area contributed by atoms with Crippen LogP contribution in [-0.4, -0.2) is 11.0 Å². The zero-order valence-electron chi connectivity index (χ0n) is 10.4. The predicted octanol–water partition coefficient (Wildman–Crippen LogP) is 4.05. The van der Waals surface area contributed by atoms with E-state index < -0.39 is 0 Å². The minimum atomic E-state index is -0.268. The van der Waals surface area contributed by atoms with E-state index in [2.05, 4.69) is 4.98 Å². The Bertz CT molecular complexity index is 563. The summed E-state index contributed by atoms with van der Waals surface area (Å²) in [6.07, 6.45) is 1.68. The molecule has 0 aliphatic carbocycles. The number of nitrogens with two attached hydrogens (primary N) is 1. The number of pyridine rings is 1. The molecule has 2 N–H and O–H groups in total. The number of benzene rings is 1. The second-order valence-corrected chi connectivity index (χ2v) is 5.78. The molecule has 2 aromatic rings. The van der Waals surface area contributed by atoms with Crippen molar-refractivity contribution in [1.29, 1.82) is 0 Å². The maximum Gasteiger partial charge on any atom is 0.123 e. The van der Waals surface area contributed by atoms with Crippen molar-refractivity contribution in [3.05, 3.63) is 59.0 Å². The quantitative estimate of drug-likeness (QED) is 0.865. The van der Waals surface area contributed by atoms with Crippen LogP contribution in [0.2, 0.25) is 5.02 Å². The number of aromatic nitrogens is 1. The van der Waals surface area contributed by atoms with Crippen molar-refractivity contribution in [2.24, 2.45) is 5.73 Å². The van der Waals surface area contributed by atoms with Gasteiger partial charge < -0.3 is 5.73 Å². The Morgan fingerprint density at radius 3 is 2.74 bits per heavy atom. The third kappa shape index (κ3) is 3.69. The van der Waals surface area contributed by atoms with Crippen molar-refractivity contribution in [2.75, 3.05) is 0 Å². The van der Waals surface area contributed by atoms with Crippen LogP contribution >= 0.6 is 23.4 Å². The number of hydrogen-bond donors (Lipinski definition) is 1. The molecule has 1 aromatic carbocycles. The first-order chi connectivity index (χ1) is 9.08. The van der Waals surface area contributed by atoms with Gasteiger partial charge in [-0.05, 0) is 36.8 Å². The van der Waals surface area contributed by atoms with Gasteiger partial charge in [-0.1, -0.05) is 35.5 Å². The number of thioether (sulfide) groups is 1. The van der Waals surface area contributed by atoms with Gasteiger partial charge in [0, 0.05) is 12.2 Å². The van der Waals surface area contributed by atoms with Gasteiger partial charge in [0.15, 0.2) is 0 Å². The van der Waals surface area contributed by atoms with Gasteiger partial charge in [0.2, 0.25) is 0 Å². The summed E-state index contributed by atoms with van der Waals surface area (Å²) in [5.74, 6) is -0.268. The van der Waals surface area contributed by atoms with Crippen LogP contribution in [-0.2, 0) is 0 Å². The molecule has 0 spiro atoms. The number of halogens is 2. The second kappa shape index (κ2) is 6.37. The first-order valence-corrected chi connectivity index (χ1v) is 7.12. The fraction of sp³-hybridized carbons (Fsp3) is 0.214. The smallest absolute Gasteiger partial charge is 0.123 e. The van der Waals surface area contributed by atoms with Gasteiger partial charge in [-0.2, -0.15) is 0 Å². The minimum Gasteiger partial charge on any atom is -0.327 e. The number of rotatable bonds is 4. The molecule has 19 heavy (non-hydrogen) atoms. The van der Waals surface area contributed by atoms with Crippen LogP contribution in [0.3, 0.4) is 0 Å². The second-order valence-electron chi connectivity index (χ2n) is 4.24. The van der Waals surface area contributed by atoms with E-state index in [1.54, 1.807) is 24.4 Å². The molecule has 1 aromatic heterocycles. The standard InChI is InChI=1S/C14H14ClFN2S/c1-9(17)13(10-4-2-5-11(16)8-10)19-14-12(15)6-3-7-18-14/h2-9,13H,17H2,1H3. The lowest BCUT2D eigenvalue weighted by molar-refractivity contribution is 0.621. The molecule has 1 heterocycles. The van der Waals surface area contributed by atoms with E-state index >= 15 is 0 Å². The summed E-state index contributed by atoms with van der Waals surface area (Å²) in [7, 11) is 0. The van der Waals surface area contributed by atoms with E-state index in [0.717, 1.165) is 5.56 Å². The maximum absolute atomic E-state index is 13.3. The summed E-state index contributed by atoms with van der Waals surface area (Å²) < 4.78 is 13.3. The molecule has 100 valence electrons. The Hall–Kier alpha value is -1.10. The highest BCUT2D eigenvalue weighted by molar-refractivity contribution is 7.99. The maximum atomic E-state index is 13.3. The Morgan fingerprint density at radius 1 is 1.32 bits per heavy atom. The molecule has 2 atom stereocenters. The Balaban J connectivity index is 2.29. The molecule has 2 unspecified atom stereocenters. The summed E-state index contributed by atoms with van der Waals surface area (Å²) in [4.78, 5) is 4.23. The molecule has 0 aliphatic rings. The molecule has 2 nitrogen and oxygen atoms in total. The largest absolute Gasteiger partial charge is 0.327 e. The summed E-state index contributed by atoms with van der Waals surface area (Å²) in [5, 5.41) is 1.19. The van der Waals surface area contributed by atoms with Gasteiger partial charge in [0.05, 0.1) is 10.3 Å². The molecule has 0 saturated heterocycles. The summed E-state index contributed by atoms with van der Waals surface area (Å²) in [6, 6.07) is 9.86. The molecular formula is C14H14ClFN2S. The van der Waals surface area contributed by atoms with Gasteiger partial charge in [0.25, 0.3) is 0 Å². The Kier molecular flexibility index (Phi) is 4.80. The Morgan fingerprint density at radius 2 is 2.11 bits per heavy atom. The fourth-order valence-electron chi connectivity index (χ4n) is 1.74. The Labute approximate surface area is 121 Å². The summed E-state index contributed by atoms with van der Waals surface area (Å²) in [6.45, 7) is 1.89. The third-order valence-electron chi connectivity index (χ3n) is 2.62. The third-order valence-corrected chi connectivity index (χ3v) is 4.54. The molecule has 0 radical (unpaired) electrons. The first-order valence-electron chi connectivity index (χ1n) is 5.86. The number of hydrogen-bond acceptors (Lipinski definition) is 3. The average Bonchev–Trinajstić information content (AvgIpc) is 2.37. The SMILES string of the molecule is CC(N)C(Sc1ncccc1Cl)c1cccc(F)c1. The first kappa shape index (κ1) is 14.3. The normalized spacial score (nSPS) is 14.1. The zero-order chi connectivity index (χ0) is 13.8. The lowest BCUT2D eigenvalue weighted by Crippen LogP contribution is -2.22. The van der Waals surface area contributed by atoms with Crippen LogP contribution in [0.5, 0.6) is 0 Å². The number of nitrogens with zero attached hydrogens (tertiary/aromatic N) is 1. The lowest BCUT2D eigenvalue weighted by Gasteiger charge is -2.20. The van der Waals surface area contributed by atoms with Gasteiger partial charge in [-0.15, -0.1) is 0 Å². The molecule has 2 rings (SSSR count). The van der Waals surface area contributed by atoms with Crippen LogP contribution < -0.4 is 5.73 Å². The van der Waals surface area contributed by atoms with Crippen molar-refractivity contribution in [1.82, 2.24) is 4.98 Å². The summed E-state index contributed by atoms with van der Waals surface area (Å²) >= 11 is 7.54. The van der Waals surface area contributed by atoms with Crippen LogP contribution in [0.1, 0.15) is 17.7 Å². The van der Waals surface area contributed by atoms with Crippen molar-refractivity contribution >= 4 is 23.4 Å². The van der Waals surface area contributed by atoms with E-state index in [0.29, 0.717) is 10.0 Å². The highest BCUT2D eigenvalue weighted by atomic mass is 35.5. The molecule has 0 aliphatic heterocycles. The fourth-order valence-corrected chi connectivity index (χ4v) is 3.04. The highest BCUT2D eigenvalue weighted by Gasteiger charge is 2.20. The van der Waals surface area contributed by atoms with Crippen molar-refractivity contribution in [3.63, 3.8) is 0 Å². The van der Waals surface area contributed by atoms with Gasteiger partial charge in [-0.25, -0.2) is 9.37 Å². The molecule has 0 fully saturated rings. The average molecular weight is 297 g/mol.